The molecule has 15 heavy (non-hydrogen) atoms. The summed E-state index contributed by atoms with van der Waals surface area (Å²) < 4.78 is 0. The van der Waals surface area contributed by atoms with Gasteiger partial charge in [0.15, 0.2) is 0 Å². The van der Waals surface area contributed by atoms with Crippen molar-refractivity contribution in [2.45, 2.75) is 38.1 Å². The highest BCUT2D eigenvalue weighted by Crippen LogP contribution is 2.27. The summed E-state index contributed by atoms with van der Waals surface area (Å²) in [7, 11) is 1.97. The maximum Gasteiger partial charge on any atom is 0.225 e. The van der Waals surface area contributed by atoms with Gasteiger partial charge < -0.3 is 10.2 Å². The molecule has 0 aromatic carbocycles. The summed E-state index contributed by atoms with van der Waals surface area (Å²) in [5, 5.41) is 3.30. The second kappa shape index (κ2) is 5.71. The van der Waals surface area contributed by atoms with Crippen molar-refractivity contribution < 1.29 is 4.79 Å². The van der Waals surface area contributed by atoms with Gasteiger partial charge in [0, 0.05) is 25.6 Å². The van der Waals surface area contributed by atoms with E-state index in [9.17, 15) is 4.79 Å². The molecule has 0 bridgehead atoms. The molecule has 1 saturated heterocycles. The van der Waals surface area contributed by atoms with Crippen molar-refractivity contribution in [3.05, 3.63) is 0 Å². The Labute approximate surface area is 98.0 Å². The predicted molar refractivity (Wildman–Crippen MR) is 63.3 cm³/mol. The highest BCUT2D eigenvalue weighted by molar-refractivity contribution is 5.85. The number of nitrogens with one attached hydrogen (secondary N) is 1. The number of carbonyl (C=O) groups is 1. The minimum Gasteiger partial charge on any atom is -0.341 e. The van der Waals surface area contributed by atoms with Crippen LogP contribution in [0.5, 0.6) is 0 Å². The first-order chi connectivity index (χ1) is 6.79. The van der Waals surface area contributed by atoms with Crippen LogP contribution in [0.4, 0.5) is 0 Å². The summed E-state index contributed by atoms with van der Waals surface area (Å²) in [4.78, 5) is 14.0. The van der Waals surface area contributed by atoms with Gasteiger partial charge in [0.2, 0.25) is 5.91 Å². The van der Waals surface area contributed by atoms with Crippen LogP contribution in [0.25, 0.3) is 0 Å². The van der Waals surface area contributed by atoms with E-state index in [4.69, 9.17) is 0 Å². The summed E-state index contributed by atoms with van der Waals surface area (Å²) in [5.41, 5.74) is 0. The van der Waals surface area contributed by atoms with E-state index in [1.54, 1.807) is 0 Å². The Kier molecular flexibility index (Phi) is 4.87. The van der Waals surface area contributed by atoms with Crippen LogP contribution in [0.15, 0.2) is 0 Å². The van der Waals surface area contributed by atoms with Gasteiger partial charge in [-0.2, -0.15) is 0 Å². The van der Waals surface area contributed by atoms with Gasteiger partial charge in [-0.3, -0.25) is 4.79 Å². The molecule has 88 valence electrons. The lowest BCUT2D eigenvalue weighted by molar-refractivity contribution is -0.135. The lowest BCUT2D eigenvalue weighted by Crippen LogP contribution is -2.41. The minimum atomic E-state index is 0. The zero-order valence-electron chi connectivity index (χ0n) is 9.37. The Morgan fingerprint density at radius 2 is 1.93 bits per heavy atom. The summed E-state index contributed by atoms with van der Waals surface area (Å²) >= 11 is 0. The molecule has 2 rings (SSSR count). The van der Waals surface area contributed by atoms with Crippen molar-refractivity contribution in [3.8, 4) is 0 Å². The number of nitrogens with zero attached hydrogens (tertiary/aromatic N) is 1. The second-order valence-electron chi connectivity index (χ2n) is 4.58. The van der Waals surface area contributed by atoms with Crippen molar-refractivity contribution in [2.75, 3.05) is 20.1 Å². The first-order valence-electron chi connectivity index (χ1n) is 5.76. The van der Waals surface area contributed by atoms with Crippen molar-refractivity contribution in [1.82, 2.24) is 10.2 Å². The summed E-state index contributed by atoms with van der Waals surface area (Å²) in [6, 6.07) is 0.447. The molecule has 0 unspecified atom stereocenters. The first-order valence-corrected chi connectivity index (χ1v) is 5.76. The Hall–Kier alpha value is -0.280. The molecule has 1 N–H and O–H groups in total. The van der Waals surface area contributed by atoms with Gasteiger partial charge in [0.05, 0.1) is 0 Å². The van der Waals surface area contributed by atoms with E-state index in [1.807, 2.05) is 11.9 Å². The molecule has 1 amide bonds. The van der Waals surface area contributed by atoms with Crippen LogP contribution in [-0.4, -0.2) is 37.0 Å². The van der Waals surface area contributed by atoms with Gasteiger partial charge in [-0.25, -0.2) is 0 Å². The van der Waals surface area contributed by atoms with E-state index in [1.165, 1.54) is 12.8 Å². The van der Waals surface area contributed by atoms with Gasteiger partial charge in [0.25, 0.3) is 0 Å². The van der Waals surface area contributed by atoms with Crippen LogP contribution in [0.2, 0.25) is 0 Å². The third-order valence-electron chi connectivity index (χ3n) is 3.63. The van der Waals surface area contributed by atoms with Gasteiger partial charge in [-0.1, -0.05) is 12.8 Å². The summed E-state index contributed by atoms with van der Waals surface area (Å²) in [5.74, 6) is 0.719. The highest BCUT2D eigenvalue weighted by atomic mass is 35.5. The smallest absolute Gasteiger partial charge is 0.225 e. The van der Waals surface area contributed by atoms with Crippen molar-refractivity contribution in [1.29, 1.82) is 0 Å². The molecule has 1 atom stereocenters. The fourth-order valence-corrected chi connectivity index (χ4v) is 2.61. The molecule has 0 spiro atoms. The summed E-state index contributed by atoms with van der Waals surface area (Å²) in [6.07, 6.45) is 5.84. The zero-order valence-corrected chi connectivity index (χ0v) is 10.2. The molecule has 0 aromatic rings. The average Bonchev–Trinajstić information content (AvgIpc) is 2.87. The lowest BCUT2D eigenvalue weighted by Gasteiger charge is -2.26. The average molecular weight is 233 g/mol. The third kappa shape index (κ3) is 2.85. The molecule has 3 nitrogen and oxygen atoms in total. The maximum atomic E-state index is 12.0. The van der Waals surface area contributed by atoms with Crippen molar-refractivity contribution in [2.24, 2.45) is 5.92 Å². The number of halogens is 1. The number of carbonyl (C=O) groups excluding carboxylic acids is 1. The zero-order chi connectivity index (χ0) is 9.97. The van der Waals surface area contributed by atoms with Crippen LogP contribution in [0, 0.1) is 5.92 Å². The molecule has 1 aliphatic heterocycles. The number of rotatable bonds is 2. The van der Waals surface area contributed by atoms with Gasteiger partial charge in [-0.15, -0.1) is 12.4 Å². The second-order valence-corrected chi connectivity index (χ2v) is 4.58. The van der Waals surface area contributed by atoms with E-state index in [2.05, 4.69) is 5.32 Å². The van der Waals surface area contributed by atoms with Crippen molar-refractivity contribution >= 4 is 18.3 Å². The first kappa shape index (κ1) is 12.8. The number of amides is 1. The summed E-state index contributed by atoms with van der Waals surface area (Å²) in [6.45, 7) is 2.04. The normalized spacial score (nSPS) is 26.3. The van der Waals surface area contributed by atoms with E-state index < -0.39 is 0 Å². The molecular weight excluding hydrogens is 212 g/mol. The van der Waals surface area contributed by atoms with Gasteiger partial charge >= 0.3 is 0 Å². The van der Waals surface area contributed by atoms with E-state index in [0.29, 0.717) is 17.9 Å². The highest BCUT2D eigenvalue weighted by Gasteiger charge is 2.30. The molecule has 1 saturated carbocycles. The molecule has 2 aliphatic rings. The number of likely N-dealkylation sites (N-methyl/N-ethyl adjacent to an activating group) is 1. The molecule has 0 aromatic heterocycles. The monoisotopic (exact) mass is 232 g/mol. The van der Waals surface area contributed by atoms with Crippen LogP contribution >= 0.6 is 12.4 Å². The Morgan fingerprint density at radius 3 is 2.47 bits per heavy atom. The quantitative estimate of drug-likeness (QED) is 0.781. The minimum absolute atomic E-state index is 0. The fourth-order valence-electron chi connectivity index (χ4n) is 2.61. The molecule has 4 heteroatoms. The van der Waals surface area contributed by atoms with Crippen molar-refractivity contribution in [3.63, 3.8) is 0 Å². The third-order valence-corrected chi connectivity index (χ3v) is 3.63. The number of hydrogen-bond donors (Lipinski definition) is 1. The van der Waals surface area contributed by atoms with E-state index in [-0.39, 0.29) is 12.4 Å². The standard InChI is InChI=1S/C11H20N2O.ClH/c1-13(10-6-7-12-8-10)11(14)9-4-2-3-5-9;/h9-10,12H,2-8H2,1H3;1H/t10-;/m1./s1. The van der Waals surface area contributed by atoms with Crippen LogP contribution < -0.4 is 5.32 Å². The molecular formula is C11H21ClN2O. The van der Waals surface area contributed by atoms with Crippen LogP contribution in [0.3, 0.4) is 0 Å². The predicted octanol–water partition coefficient (Wildman–Crippen LogP) is 1.42. The topological polar surface area (TPSA) is 32.3 Å². The SMILES string of the molecule is CN(C(=O)C1CCCC1)[C@@H]1CCNC1.Cl. The number of hydrogen-bond acceptors (Lipinski definition) is 2. The molecule has 1 aliphatic carbocycles. The van der Waals surface area contributed by atoms with Gasteiger partial charge in [-0.05, 0) is 25.8 Å². The van der Waals surface area contributed by atoms with Crippen LogP contribution in [0.1, 0.15) is 32.1 Å². The Balaban J connectivity index is 0.00000112. The molecule has 0 radical (unpaired) electrons. The largest absolute Gasteiger partial charge is 0.341 e. The van der Waals surface area contributed by atoms with E-state index in [0.717, 1.165) is 32.4 Å². The molecule has 1 heterocycles. The van der Waals surface area contributed by atoms with Crippen LogP contribution in [-0.2, 0) is 4.79 Å². The Bertz CT molecular complexity index is 211. The molecule has 2 fully saturated rings. The lowest BCUT2D eigenvalue weighted by atomic mass is 10.1. The van der Waals surface area contributed by atoms with Gasteiger partial charge in [0.1, 0.15) is 0 Å². The fraction of sp³-hybridized carbons (Fsp3) is 0.909. The van der Waals surface area contributed by atoms with E-state index >= 15 is 0 Å². The maximum absolute atomic E-state index is 12.0. The Morgan fingerprint density at radius 1 is 1.27 bits per heavy atom.